The van der Waals surface area contributed by atoms with E-state index in [1.165, 1.54) is 5.56 Å². The lowest BCUT2D eigenvalue weighted by Gasteiger charge is -2.24. The third-order valence-corrected chi connectivity index (χ3v) is 3.73. The standard InChI is InChI=1S/C15H24BrN3O/c1-12(2)9-17-10-13-8-14(16)11-18-15(13)19-4-3-6-20-7-5-19/h8,11-12,17H,3-7,9-10H2,1-2H3. The van der Waals surface area contributed by atoms with Gasteiger partial charge in [-0.3, -0.25) is 0 Å². The summed E-state index contributed by atoms with van der Waals surface area (Å²) in [6.07, 6.45) is 2.95. The highest BCUT2D eigenvalue weighted by Crippen LogP contribution is 2.22. The van der Waals surface area contributed by atoms with Crippen molar-refractivity contribution < 1.29 is 4.74 Å². The Labute approximate surface area is 130 Å². The number of halogens is 1. The van der Waals surface area contributed by atoms with Crippen molar-refractivity contribution in [3.63, 3.8) is 0 Å². The number of hydrogen-bond acceptors (Lipinski definition) is 4. The minimum absolute atomic E-state index is 0.658. The zero-order chi connectivity index (χ0) is 14.4. The van der Waals surface area contributed by atoms with Gasteiger partial charge >= 0.3 is 0 Å². The molecule has 1 aliphatic heterocycles. The van der Waals surface area contributed by atoms with Gasteiger partial charge in [0.1, 0.15) is 5.82 Å². The summed E-state index contributed by atoms with van der Waals surface area (Å²) in [4.78, 5) is 6.96. The van der Waals surface area contributed by atoms with Gasteiger partial charge in [0.15, 0.2) is 0 Å². The second-order valence-corrected chi connectivity index (χ2v) is 6.53. The first-order valence-electron chi connectivity index (χ1n) is 7.34. The van der Waals surface area contributed by atoms with Gasteiger partial charge in [0.05, 0.1) is 6.61 Å². The Morgan fingerprint density at radius 3 is 3.05 bits per heavy atom. The molecule has 0 radical (unpaired) electrons. The molecule has 1 N–H and O–H groups in total. The predicted molar refractivity (Wildman–Crippen MR) is 86.1 cm³/mol. The normalized spacial score (nSPS) is 16.5. The van der Waals surface area contributed by atoms with E-state index in [-0.39, 0.29) is 0 Å². The predicted octanol–water partition coefficient (Wildman–Crippen LogP) is 2.82. The van der Waals surface area contributed by atoms with Crippen LogP contribution in [0.1, 0.15) is 25.8 Å². The molecule has 0 amide bonds. The molecule has 0 bridgehead atoms. The van der Waals surface area contributed by atoms with Crippen molar-refractivity contribution in [1.82, 2.24) is 10.3 Å². The zero-order valence-electron chi connectivity index (χ0n) is 12.4. The second kappa shape index (κ2) is 7.96. The van der Waals surface area contributed by atoms with Gasteiger partial charge in [-0.05, 0) is 40.9 Å². The molecule has 0 spiro atoms. The van der Waals surface area contributed by atoms with Gasteiger partial charge in [0.25, 0.3) is 0 Å². The fourth-order valence-electron chi connectivity index (χ4n) is 2.34. The molecule has 0 saturated carbocycles. The number of nitrogens with zero attached hydrogens (tertiary/aromatic N) is 2. The first kappa shape index (κ1) is 15.7. The Balaban J connectivity index is 2.09. The van der Waals surface area contributed by atoms with Gasteiger partial charge in [-0.1, -0.05) is 13.8 Å². The average Bonchev–Trinajstić information content (AvgIpc) is 2.67. The number of rotatable bonds is 5. The minimum Gasteiger partial charge on any atom is -0.380 e. The molecule has 0 atom stereocenters. The maximum atomic E-state index is 5.53. The average molecular weight is 342 g/mol. The van der Waals surface area contributed by atoms with E-state index in [0.717, 1.165) is 56.1 Å². The number of aromatic nitrogens is 1. The molecular formula is C15H24BrN3O. The van der Waals surface area contributed by atoms with Crippen molar-refractivity contribution >= 4 is 21.7 Å². The lowest BCUT2D eigenvalue weighted by molar-refractivity contribution is 0.152. The van der Waals surface area contributed by atoms with E-state index in [2.05, 4.69) is 51.0 Å². The Hall–Kier alpha value is -0.650. The van der Waals surface area contributed by atoms with Crippen LogP contribution in [-0.2, 0) is 11.3 Å². The lowest BCUT2D eigenvalue weighted by atomic mass is 10.2. The van der Waals surface area contributed by atoms with E-state index in [0.29, 0.717) is 5.92 Å². The molecular weight excluding hydrogens is 318 g/mol. The largest absolute Gasteiger partial charge is 0.380 e. The number of ether oxygens (including phenoxy) is 1. The van der Waals surface area contributed by atoms with E-state index in [1.807, 2.05) is 6.20 Å². The van der Waals surface area contributed by atoms with Gasteiger partial charge in [-0.15, -0.1) is 0 Å². The highest BCUT2D eigenvalue weighted by Gasteiger charge is 2.15. The molecule has 4 nitrogen and oxygen atoms in total. The van der Waals surface area contributed by atoms with E-state index >= 15 is 0 Å². The molecule has 2 heterocycles. The van der Waals surface area contributed by atoms with Crippen LogP contribution in [0, 0.1) is 5.92 Å². The summed E-state index contributed by atoms with van der Waals surface area (Å²) in [7, 11) is 0. The van der Waals surface area contributed by atoms with Crippen LogP contribution in [0.3, 0.4) is 0 Å². The molecule has 0 aromatic carbocycles. The number of anilines is 1. The van der Waals surface area contributed by atoms with Gasteiger partial charge < -0.3 is 15.0 Å². The van der Waals surface area contributed by atoms with Crippen molar-refractivity contribution in [2.45, 2.75) is 26.8 Å². The molecule has 0 unspecified atom stereocenters. The monoisotopic (exact) mass is 341 g/mol. The SMILES string of the molecule is CC(C)CNCc1cc(Br)cnc1N1CCCOCC1. The molecule has 1 aromatic rings. The molecule has 1 aromatic heterocycles. The maximum Gasteiger partial charge on any atom is 0.133 e. The summed E-state index contributed by atoms with van der Waals surface area (Å²) < 4.78 is 6.56. The molecule has 1 saturated heterocycles. The third kappa shape index (κ3) is 4.72. The van der Waals surface area contributed by atoms with Gasteiger partial charge in [-0.2, -0.15) is 0 Å². The Bertz CT molecular complexity index is 418. The van der Waals surface area contributed by atoms with Gasteiger partial charge in [0, 0.05) is 42.5 Å². The Morgan fingerprint density at radius 2 is 2.25 bits per heavy atom. The van der Waals surface area contributed by atoms with Crippen molar-refractivity contribution in [2.24, 2.45) is 5.92 Å². The third-order valence-electron chi connectivity index (χ3n) is 3.30. The van der Waals surface area contributed by atoms with Crippen molar-refractivity contribution in [3.05, 3.63) is 22.3 Å². The molecule has 20 heavy (non-hydrogen) atoms. The summed E-state index contributed by atoms with van der Waals surface area (Å²) >= 11 is 3.52. The number of pyridine rings is 1. The highest BCUT2D eigenvalue weighted by molar-refractivity contribution is 9.10. The smallest absolute Gasteiger partial charge is 0.133 e. The molecule has 1 fully saturated rings. The number of hydrogen-bond donors (Lipinski definition) is 1. The van der Waals surface area contributed by atoms with Crippen molar-refractivity contribution in [1.29, 1.82) is 0 Å². The second-order valence-electron chi connectivity index (χ2n) is 5.61. The summed E-state index contributed by atoms with van der Waals surface area (Å²) in [6.45, 7) is 9.91. The maximum absolute atomic E-state index is 5.53. The summed E-state index contributed by atoms with van der Waals surface area (Å²) in [6, 6.07) is 2.17. The van der Waals surface area contributed by atoms with Crippen LogP contribution in [0.4, 0.5) is 5.82 Å². The van der Waals surface area contributed by atoms with Crippen LogP contribution in [0.25, 0.3) is 0 Å². The van der Waals surface area contributed by atoms with E-state index in [9.17, 15) is 0 Å². The fourth-order valence-corrected chi connectivity index (χ4v) is 2.72. The molecule has 2 rings (SSSR count). The van der Waals surface area contributed by atoms with Crippen LogP contribution in [-0.4, -0.2) is 37.8 Å². The number of nitrogens with one attached hydrogen (secondary N) is 1. The Morgan fingerprint density at radius 1 is 1.40 bits per heavy atom. The van der Waals surface area contributed by atoms with E-state index in [4.69, 9.17) is 4.74 Å². The molecule has 112 valence electrons. The first-order chi connectivity index (χ1) is 9.66. The molecule has 5 heteroatoms. The zero-order valence-corrected chi connectivity index (χ0v) is 13.9. The molecule has 0 aliphatic carbocycles. The van der Waals surface area contributed by atoms with E-state index in [1.54, 1.807) is 0 Å². The fraction of sp³-hybridized carbons (Fsp3) is 0.667. The first-order valence-corrected chi connectivity index (χ1v) is 8.14. The van der Waals surface area contributed by atoms with Crippen LogP contribution in [0.2, 0.25) is 0 Å². The summed E-state index contributed by atoms with van der Waals surface area (Å²) in [5.41, 5.74) is 1.25. The quantitative estimate of drug-likeness (QED) is 0.893. The lowest BCUT2D eigenvalue weighted by Crippen LogP contribution is -2.29. The Kier molecular flexibility index (Phi) is 6.26. The summed E-state index contributed by atoms with van der Waals surface area (Å²) in [5.74, 6) is 1.75. The van der Waals surface area contributed by atoms with Crippen molar-refractivity contribution in [2.75, 3.05) is 37.7 Å². The molecule has 1 aliphatic rings. The van der Waals surface area contributed by atoms with E-state index < -0.39 is 0 Å². The van der Waals surface area contributed by atoms with Crippen LogP contribution in [0.15, 0.2) is 16.7 Å². The van der Waals surface area contributed by atoms with Crippen molar-refractivity contribution in [3.8, 4) is 0 Å². The van der Waals surface area contributed by atoms with Crippen LogP contribution >= 0.6 is 15.9 Å². The van der Waals surface area contributed by atoms with Crippen LogP contribution < -0.4 is 10.2 Å². The van der Waals surface area contributed by atoms with Gasteiger partial charge in [0.2, 0.25) is 0 Å². The minimum atomic E-state index is 0.658. The highest BCUT2D eigenvalue weighted by atomic mass is 79.9. The summed E-state index contributed by atoms with van der Waals surface area (Å²) in [5, 5.41) is 3.50. The topological polar surface area (TPSA) is 37.4 Å². The van der Waals surface area contributed by atoms with Gasteiger partial charge in [-0.25, -0.2) is 4.98 Å². The van der Waals surface area contributed by atoms with Crippen LogP contribution in [0.5, 0.6) is 0 Å².